The van der Waals surface area contributed by atoms with Crippen LogP contribution in [0.25, 0.3) is 0 Å². The van der Waals surface area contributed by atoms with Crippen molar-refractivity contribution in [1.82, 2.24) is 10.2 Å². The molecule has 1 saturated heterocycles. The molecule has 0 radical (unpaired) electrons. The normalized spacial score (nSPS) is 17.1. The van der Waals surface area contributed by atoms with Gasteiger partial charge in [0.25, 0.3) is 5.91 Å². The molecule has 0 spiro atoms. The number of halogens is 1. The van der Waals surface area contributed by atoms with Crippen LogP contribution in [-0.2, 0) is 0 Å². The number of likely N-dealkylation sites (tertiary alicyclic amines) is 1. The first-order valence-electron chi connectivity index (χ1n) is 7.01. The molecular formula is C15H21FN2O2. The summed E-state index contributed by atoms with van der Waals surface area (Å²) >= 11 is 0. The molecule has 1 fully saturated rings. The van der Waals surface area contributed by atoms with E-state index in [1.54, 1.807) is 0 Å². The van der Waals surface area contributed by atoms with Crippen molar-refractivity contribution in [3.8, 4) is 5.75 Å². The average Bonchev–Trinajstić information content (AvgIpc) is 2.41. The molecule has 2 rings (SSSR count). The van der Waals surface area contributed by atoms with E-state index in [2.05, 4.69) is 17.3 Å². The summed E-state index contributed by atoms with van der Waals surface area (Å²) in [5, 5.41) is 11.9. The van der Waals surface area contributed by atoms with Crippen LogP contribution < -0.4 is 5.32 Å². The summed E-state index contributed by atoms with van der Waals surface area (Å²) in [5.41, 5.74) is -0.0221. The van der Waals surface area contributed by atoms with Crippen molar-refractivity contribution in [1.29, 1.82) is 0 Å². The molecule has 1 aliphatic heterocycles. The van der Waals surface area contributed by atoms with E-state index >= 15 is 0 Å². The van der Waals surface area contributed by atoms with E-state index < -0.39 is 11.7 Å². The van der Waals surface area contributed by atoms with Crippen molar-refractivity contribution < 1.29 is 14.3 Å². The highest BCUT2D eigenvalue weighted by Gasteiger charge is 2.17. The van der Waals surface area contributed by atoms with Gasteiger partial charge in [0, 0.05) is 12.6 Å². The molecular weight excluding hydrogens is 259 g/mol. The average molecular weight is 280 g/mol. The minimum Gasteiger partial charge on any atom is -0.508 e. The van der Waals surface area contributed by atoms with Gasteiger partial charge in [-0.3, -0.25) is 4.79 Å². The topological polar surface area (TPSA) is 52.6 Å². The van der Waals surface area contributed by atoms with Gasteiger partial charge in [-0.05, 0) is 57.5 Å². The van der Waals surface area contributed by atoms with Gasteiger partial charge in [-0.2, -0.15) is 0 Å². The maximum atomic E-state index is 13.5. The first kappa shape index (κ1) is 14.8. The Morgan fingerprint density at radius 3 is 2.80 bits per heavy atom. The minimum absolute atomic E-state index is 0.0221. The van der Waals surface area contributed by atoms with Gasteiger partial charge >= 0.3 is 0 Å². The van der Waals surface area contributed by atoms with E-state index in [4.69, 9.17) is 5.11 Å². The summed E-state index contributed by atoms with van der Waals surface area (Å²) in [6, 6.07) is 3.57. The van der Waals surface area contributed by atoms with E-state index in [0.29, 0.717) is 12.5 Å². The monoisotopic (exact) mass is 280 g/mol. The Hall–Kier alpha value is -1.62. The molecule has 0 unspecified atom stereocenters. The van der Waals surface area contributed by atoms with Crippen LogP contribution in [-0.4, -0.2) is 42.6 Å². The third-order valence-electron chi connectivity index (χ3n) is 3.87. The molecule has 0 atom stereocenters. The van der Waals surface area contributed by atoms with Crippen molar-refractivity contribution >= 4 is 5.91 Å². The molecule has 0 aliphatic carbocycles. The number of piperidine rings is 1. The predicted octanol–water partition coefficient (Wildman–Crippen LogP) is 1.99. The lowest BCUT2D eigenvalue weighted by Gasteiger charge is -2.28. The number of nitrogens with one attached hydrogen (secondary N) is 1. The van der Waals surface area contributed by atoms with E-state index in [1.165, 1.54) is 12.1 Å². The Kier molecular flexibility index (Phi) is 4.95. The van der Waals surface area contributed by atoms with Gasteiger partial charge in [-0.25, -0.2) is 4.39 Å². The van der Waals surface area contributed by atoms with Crippen LogP contribution >= 0.6 is 0 Å². The van der Waals surface area contributed by atoms with Gasteiger partial charge in [-0.1, -0.05) is 0 Å². The van der Waals surface area contributed by atoms with Gasteiger partial charge in [0.15, 0.2) is 0 Å². The van der Waals surface area contributed by atoms with Crippen LogP contribution in [0.15, 0.2) is 18.2 Å². The lowest BCUT2D eigenvalue weighted by atomic mass is 9.94. The van der Waals surface area contributed by atoms with Crippen molar-refractivity contribution in [3.05, 3.63) is 29.6 Å². The number of phenols is 1. The SMILES string of the molecule is CN1CCC(CCNC(=O)c2ccc(O)cc2F)CC1. The largest absolute Gasteiger partial charge is 0.508 e. The molecule has 0 bridgehead atoms. The zero-order valence-corrected chi connectivity index (χ0v) is 11.7. The second-order valence-electron chi connectivity index (χ2n) is 5.46. The second kappa shape index (κ2) is 6.70. The zero-order chi connectivity index (χ0) is 14.5. The number of phenolic OH excluding ortho intramolecular Hbond substituents is 1. The van der Waals surface area contributed by atoms with E-state index in [1.807, 2.05) is 0 Å². The summed E-state index contributed by atoms with van der Waals surface area (Å²) < 4.78 is 13.5. The van der Waals surface area contributed by atoms with Crippen molar-refractivity contribution in [2.75, 3.05) is 26.7 Å². The third-order valence-corrected chi connectivity index (χ3v) is 3.87. The first-order chi connectivity index (χ1) is 9.56. The van der Waals surface area contributed by atoms with Gasteiger partial charge in [-0.15, -0.1) is 0 Å². The molecule has 1 amide bonds. The smallest absolute Gasteiger partial charge is 0.254 e. The van der Waals surface area contributed by atoms with Crippen LogP contribution in [0.5, 0.6) is 5.75 Å². The number of aromatic hydroxyl groups is 1. The summed E-state index contributed by atoms with van der Waals surface area (Å²) in [7, 11) is 2.12. The quantitative estimate of drug-likeness (QED) is 0.887. The number of benzene rings is 1. The van der Waals surface area contributed by atoms with E-state index in [-0.39, 0.29) is 11.3 Å². The highest BCUT2D eigenvalue weighted by Crippen LogP contribution is 2.19. The molecule has 1 aromatic carbocycles. The molecule has 1 heterocycles. The molecule has 1 aromatic rings. The van der Waals surface area contributed by atoms with Gasteiger partial charge in [0.1, 0.15) is 11.6 Å². The Morgan fingerprint density at radius 2 is 2.15 bits per heavy atom. The second-order valence-corrected chi connectivity index (χ2v) is 5.46. The molecule has 0 saturated carbocycles. The number of amides is 1. The fraction of sp³-hybridized carbons (Fsp3) is 0.533. The Bertz CT molecular complexity index is 471. The highest BCUT2D eigenvalue weighted by molar-refractivity contribution is 5.94. The first-order valence-corrected chi connectivity index (χ1v) is 7.01. The number of nitrogens with zero attached hydrogens (tertiary/aromatic N) is 1. The number of carbonyl (C=O) groups is 1. The molecule has 4 nitrogen and oxygen atoms in total. The third kappa shape index (κ3) is 3.93. The van der Waals surface area contributed by atoms with Gasteiger partial charge < -0.3 is 15.3 Å². The maximum absolute atomic E-state index is 13.5. The minimum atomic E-state index is -0.693. The standard InChI is InChI=1S/C15H21FN2O2/c1-18-8-5-11(6-9-18)4-7-17-15(20)13-3-2-12(19)10-14(13)16/h2-3,10-11,19H,4-9H2,1H3,(H,17,20). The number of carbonyl (C=O) groups excluding carboxylic acids is 1. The van der Waals surface area contributed by atoms with Gasteiger partial charge in [0.05, 0.1) is 5.56 Å². The summed E-state index contributed by atoms with van der Waals surface area (Å²) in [6.07, 6.45) is 3.24. The highest BCUT2D eigenvalue weighted by atomic mass is 19.1. The van der Waals surface area contributed by atoms with Crippen LogP contribution in [0.2, 0.25) is 0 Å². The lowest BCUT2D eigenvalue weighted by Crippen LogP contribution is -2.32. The molecule has 0 aromatic heterocycles. The number of hydrogen-bond acceptors (Lipinski definition) is 3. The molecule has 20 heavy (non-hydrogen) atoms. The van der Waals surface area contributed by atoms with Crippen LogP contribution in [0, 0.1) is 11.7 Å². The summed E-state index contributed by atoms with van der Waals surface area (Å²) in [4.78, 5) is 14.1. The van der Waals surface area contributed by atoms with Crippen molar-refractivity contribution in [2.45, 2.75) is 19.3 Å². The summed E-state index contributed by atoms with van der Waals surface area (Å²) in [5.74, 6) is -0.654. The fourth-order valence-corrected chi connectivity index (χ4v) is 2.52. The Morgan fingerprint density at radius 1 is 1.45 bits per heavy atom. The van der Waals surface area contributed by atoms with E-state index in [0.717, 1.165) is 38.4 Å². The van der Waals surface area contributed by atoms with Gasteiger partial charge in [0.2, 0.25) is 0 Å². The molecule has 5 heteroatoms. The van der Waals surface area contributed by atoms with E-state index in [9.17, 15) is 9.18 Å². The molecule has 2 N–H and O–H groups in total. The van der Waals surface area contributed by atoms with Crippen molar-refractivity contribution in [3.63, 3.8) is 0 Å². The molecule has 110 valence electrons. The lowest BCUT2D eigenvalue weighted by molar-refractivity contribution is 0.0945. The van der Waals surface area contributed by atoms with Crippen molar-refractivity contribution in [2.24, 2.45) is 5.92 Å². The fourth-order valence-electron chi connectivity index (χ4n) is 2.52. The summed E-state index contributed by atoms with van der Waals surface area (Å²) in [6.45, 7) is 2.77. The Labute approximate surface area is 118 Å². The molecule has 1 aliphatic rings. The number of rotatable bonds is 4. The van der Waals surface area contributed by atoms with Crippen LogP contribution in [0.4, 0.5) is 4.39 Å². The van der Waals surface area contributed by atoms with Crippen LogP contribution in [0.3, 0.4) is 0 Å². The van der Waals surface area contributed by atoms with Crippen LogP contribution in [0.1, 0.15) is 29.6 Å². The Balaban J connectivity index is 1.77. The number of hydrogen-bond donors (Lipinski definition) is 2. The predicted molar refractivity (Wildman–Crippen MR) is 75.2 cm³/mol. The maximum Gasteiger partial charge on any atom is 0.254 e. The zero-order valence-electron chi connectivity index (χ0n) is 11.7.